The minimum Gasteiger partial charge on any atom is -0.399 e. The lowest BCUT2D eigenvalue weighted by Gasteiger charge is -2.26. The largest absolute Gasteiger partial charge is 0.399 e. The van der Waals surface area contributed by atoms with Gasteiger partial charge in [-0.1, -0.05) is 6.42 Å². The van der Waals surface area contributed by atoms with Crippen LogP contribution in [0.4, 0.5) is 11.4 Å². The third kappa shape index (κ3) is 2.59. The van der Waals surface area contributed by atoms with Gasteiger partial charge >= 0.3 is 0 Å². The molecule has 1 fully saturated rings. The highest BCUT2D eigenvalue weighted by Crippen LogP contribution is 2.30. The van der Waals surface area contributed by atoms with Gasteiger partial charge in [0.05, 0.1) is 6.42 Å². The van der Waals surface area contributed by atoms with Gasteiger partial charge in [-0.3, -0.25) is 4.79 Å². The molecule has 4 nitrogen and oxygen atoms in total. The maximum Gasteiger partial charge on any atom is 0.231 e. The first kappa shape index (κ1) is 12.5. The molecule has 0 aliphatic carbocycles. The first-order valence-corrected chi connectivity index (χ1v) is 7.16. The summed E-state index contributed by atoms with van der Waals surface area (Å²) in [5, 5.41) is 3.53. The Kier molecular flexibility index (Phi) is 3.42. The molecule has 2 aliphatic heterocycles. The number of carbonyl (C=O) groups excluding carboxylic acids is 1. The molecule has 0 aromatic heterocycles. The van der Waals surface area contributed by atoms with Crippen molar-refractivity contribution in [1.29, 1.82) is 0 Å². The molecule has 1 aromatic carbocycles. The second kappa shape index (κ2) is 5.21. The number of nitrogens with two attached hydrogens (primary N) is 1. The van der Waals surface area contributed by atoms with Crippen molar-refractivity contribution in [3.8, 4) is 0 Å². The summed E-state index contributed by atoms with van der Waals surface area (Å²) in [5.41, 5.74) is 8.63. The van der Waals surface area contributed by atoms with Crippen LogP contribution >= 0.6 is 0 Å². The molecule has 2 heterocycles. The van der Waals surface area contributed by atoms with Gasteiger partial charge in [0.25, 0.3) is 0 Å². The highest BCUT2D eigenvalue weighted by molar-refractivity contribution is 6.01. The number of anilines is 2. The smallest absolute Gasteiger partial charge is 0.231 e. The monoisotopic (exact) mass is 259 g/mol. The lowest BCUT2D eigenvalue weighted by Crippen LogP contribution is -2.38. The summed E-state index contributed by atoms with van der Waals surface area (Å²) in [5.74, 6) is 0.205. The summed E-state index contributed by atoms with van der Waals surface area (Å²) in [4.78, 5) is 14.0. The van der Waals surface area contributed by atoms with Crippen molar-refractivity contribution in [2.45, 2.75) is 38.1 Å². The maximum atomic E-state index is 12.1. The van der Waals surface area contributed by atoms with E-state index in [1.807, 2.05) is 23.1 Å². The Morgan fingerprint density at radius 1 is 1.37 bits per heavy atom. The van der Waals surface area contributed by atoms with Gasteiger partial charge in [-0.25, -0.2) is 0 Å². The second-order valence-electron chi connectivity index (χ2n) is 5.55. The van der Waals surface area contributed by atoms with Crippen LogP contribution in [-0.2, 0) is 11.2 Å². The van der Waals surface area contributed by atoms with E-state index >= 15 is 0 Å². The predicted octanol–water partition coefficient (Wildman–Crippen LogP) is 1.69. The summed E-state index contributed by atoms with van der Waals surface area (Å²) >= 11 is 0. The third-order valence-corrected chi connectivity index (χ3v) is 4.15. The van der Waals surface area contributed by atoms with Crippen LogP contribution < -0.4 is 16.0 Å². The lowest BCUT2D eigenvalue weighted by molar-refractivity contribution is -0.117. The number of nitrogen functional groups attached to an aromatic ring is 1. The van der Waals surface area contributed by atoms with Crippen LogP contribution in [0.5, 0.6) is 0 Å². The van der Waals surface area contributed by atoms with Crippen LogP contribution in [0, 0.1) is 0 Å². The summed E-state index contributed by atoms with van der Waals surface area (Å²) in [7, 11) is 0. The number of piperidine rings is 1. The van der Waals surface area contributed by atoms with Gasteiger partial charge in [-0.05, 0) is 49.6 Å². The van der Waals surface area contributed by atoms with E-state index in [1.165, 1.54) is 19.3 Å². The zero-order valence-electron chi connectivity index (χ0n) is 11.2. The van der Waals surface area contributed by atoms with Crippen LogP contribution in [0.25, 0.3) is 0 Å². The van der Waals surface area contributed by atoms with Crippen LogP contribution in [0.3, 0.4) is 0 Å². The Bertz CT molecular complexity index is 480. The van der Waals surface area contributed by atoms with Crippen LogP contribution in [-0.4, -0.2) is 25.0 Å². The van der Waals surface area contributed by atoms with Gasteiger partial charge in [0, 0.05) is 24.0 Å². The number of hydrogen-bond donors (Lipinski definition) is 2. The van der Waals surface area contributed by atoms with Crippen molar-refractivity contribution in [3.63, 3.8) is 0 Å². The molecule has 1 unspecified atom stereocenters. The summed E-state index contributed by atoms with van der Waals surface area (Å²) < 4.78 is 0. The Morgan fingerprint density at radius 3 is 3.05 bits per heavy atom. The molecule has 0 radical (unpaired) electrons. The topological polar surface area (TPSA) is 58.4 Å². The number of amides is 1. The van der Waals surface area contributed by atoms with Gasteiger partial charge in [0.15, 0.2) is 0 Å². The van der Waals surface area contributed by atoms with E-state index in [4.69, 9.17) is 5.73 Å². The molecule has 1 amide bonds. The van der Waals surface area contributed by atoms with Gasteiger partial charge in [0.2, 0.25) is 5.91 Å². The van der Waals surface area contributed by atoms with Gasteiger partial charge in [-0.2, -0.15) is 0 Å². The number of benzene rings is 1. The van der Waals surface area contributed by atoms with Crippen molar-refractivity contribution >= 4 is 17.3 Å². The molecule has 0 saturated carbocycles. The maximum absolute atomic E-state index is 12.1. The van der Waals surface area contributed by atoms with E-state index in [-0.39, 0.29) is 5.91 Å². The van der Waals surface area contributed by atoms with E-state index in [0.717, 1.165) is 36.4 Å². The molecule has 0 bridgehead atoms. The van der Waals surface area contributed by atoms with E-state index in [9.17, 15) is 4.79 Å². The zero-order chi connectivity index (χ0) is 13.2. The fourth-order valence-corrected chi connectivity index (χ4v) is 3.10. The molecule has 2 aliphatic rings. The Balaban J connectivity index is 1.66. The summed E-state index contributed by atoms with van der Waals surface area (Å²) in [6.07, 6.45) is 5.35. The molecule has 1 atom stereocenters. The van der Waals surface area contributed by atoms with Gasteiger partial charge in [0.1, 0.15) is 0 Å². The molecule has 1 saturated heterocycles. The fraction of sp³-hybridized carbons (Fsp3) is 0.533. The Morgan fingerprint density at radius 2 is 2.26 bits per heavy atom. The fourth-order valence-electron chi connectivity index (χ4n) is 3.10. The molecular weight excluding hydrogens is 238 g/mol. The van der Waals surface area contributed by atoms with Crippen molar-refractivity contribution in [1.82, 2.24) is 5.32 Å². The average molecular weight is 259 g/mol. The standard InChI is InChI=1S/C15H21N3O/c16-12-4-5-14-11(9-12)10-15(19)18(14)8-6-13-3-1-2-7-17-13/h4-5,9,13,17H,1-3,6-8,10,16H2. The molecule has 19 heavy (non-hydrogen) atoms. The number of carbonyl (C=O) groups is 1. The van der Waals surface area contributed by atoms with E-state index in [2.05, 4.69) is 5.32 Å². The summed E-state index contributed by atoms with van der Waals surface area (Å²) in [6, 6.07) is 6.35. The van der Waals surface area contributed by atoms with Crippen molar-refractivity contribution in [2.75, 3.05) is 23.7 Å². The minimum absolute atomic E-state index is 0.205. The van der Waals surface area contributed by atoms with Gasteiger partial charge in [-0.15, -0.1) is 0 Å². The molecule has 102 valence electrons. The molecule has 0 spiro atoms. The SMILES string of the molecule is Nc1ccc2c(c1)CC(=O)N2CCC1CCCCN1. The van der Waals surface area contributed by atoms with Crippen molar-refractivity contribution in [2.24, 2.45) is 0 Å². The van der Waals surface area contributed by atoms with Gasteiger partial charge < -0.3 is 16.0 Å². The van der Waals surface area contributed by atoms with E-state index in [0.29, 0.717) is 12.5 Å². The van der Waals surface area contributed by atoms with E-state index < -0.39 is 0 Å². The molecule has 3 N–H and O–H groups in total. The minimum atomic E-state index is 0.205. The molecule has 1 aromatic rings. The number of hydrogen-bond acceptors (Lipinski definition) is 3. The number of nitrogens with zero attached hydrogens (tertiary/aromatic N) is 1. The van der Waals surface area contributed by atoms with Crippen LogP contribution in [0.15, 0.2) is 18.2 Å². The molecule has 3 rings (SSSR count). The van der Waals surface area contributed by atoms with Crippen molar-refractivity contribution < 1.29 is 4.79 Å². The Hall–Kier alpha value is -1.55. The normalized spacial score (nSPS) is 22.6. The Labute approximate surface area is 114 Å². The summed E-state index contributed by atoms with van der Waals surface area (Å²) in [6.45, 7) is 1.93. The van der Waals surface area contributed by atoms with E-state index in [1.54, 1.807) is 0 Å². The zero-order valence-corrected chi connectivity index (χ0v) is 11.2. The first-order valence-electron chi connectivity index (χ1n) is 7.16. The average Bonchev–Trinajstić information content (AvgIpc) is 2.72. The predicted molar refractivity (Wildman–Crippen MR) is 77.2 cm³/mol. The number of fused-ring (bicyclic) bond motifs is 1. The third-order valence-electron chi connectivity index (χ3n) is 4.15. The quantitative estimate of drug-likeness (QED) is 0.812. The highest BCUT2D eigenvalue weighted by Gasteiger charge is 2.27. The molecular formula is C15H21N3O. The molecule has 4 heteroatoms. The first-order chi connectivity index (χ1) is 9.24. The number of nitrogens with one attached hydrogen (secondary N) is 1. The van der Waals surface area contributed by atoms with Crippen LogP contribution in [0.2, 0.25) is 0 Å². The second-order valence-corrected chi connectivity index (χ2v) is 5.55. The highest BCUT2D eigenvalue weighted by atomic mass is 16.2. The van der Waals surface area contributed by atoms with Crippen LogP contribution in [0.1, 0.15) is 31.2 Å². The number of rotatable bonds is 3. The van der Waals surface area contributed by atoms with Crippen molar-refractivity contribution in [3.05, 3.63) is 23.8 Å². The lowest BCUT2D eigenvalue weighted by atomic mass is 10.0.